The highest BCUT2D eigenvalue weighted by Gasteiger charge is 2.26. The van der Waals surface area contributed by atoms with Crippen molar-refractivity contribution in [1.29, 1.82) is 0 Å². The quantitative estimate of drug-likeness (QED) is 0.764. The predicted molar refractivity (Wildman–Crippen MR) is 101 cm³/mol. The smallest absolute Gasteiger partial charge is 0.232 e. The number of sulfonamides is 1. The lowest BCUT2D eigenvalue weighted by molar-refractivity contribution is 0.475. The van der Waals surface area contributed by atoms with Crippen LogP contribution in [-0.2, 0) is 16.4 Å². The van der Waals surface area contributed by atoms with E-state index in [0.29, 0.717) is 13.0 Å². The Morgan fingerprint density at radius 2 is 1.84 bits per heavy atom. The first-order chi connectivity index (χ1) is 11.9. The van der Waals surface area contributed by atoms with E-state index in [4.69, 9.17) is 0 Å². The van der Waals surface area contributed by atoms with E-state index in [1.807, 2.05) is 35.7 Å². The molecule has 128 valence electrons. The highest BCUT2D eigenvalue weighted by Crippen LogP contribution is 2.35. The summed E-state index contributed by atoms with van der Waals surface area (Å²) >= 11 is 1.54. The zero-order valence-corrected chi connectivity index (χ0v) is 15.1. The maximum atomic E-state index is 11.8. The third kappa shape index (κ3) is 3.01. The summed E-state index contributed by atoms with van der Waals surface area (Å²) in [5, 5.41) is 12.3. The summed E-state index contributed by atoms with van der Waals surface area (Å²) < 4.78 is 25.1. The number of anilines is 1. The SMILES string of the molecule is CS(=O)(=O)N1CCc2cc(-c3csc(-c4ccc(O)cc4)n3)ccc21. The number of hydrogen-bond acceptors (Lipinski definition) is 5. The second kappa shape index (κ2) is 5.86. The van der Waals surface area contributed by atoms with Crippen LogP contribution in [0.5, 0.6) is 5.75 Å². The van der Waals surface area contributed by atoms with Crippen molar-refractivity contribution in [2.24, 2.45) is 0 Å². The molecular formula is C18H16N2O3S2. The van der Waals surface area contributed by atoms with E-state index < -0.39 is 10.0 Å². The summed E-state index contributed by atoms with van der Waals surface area (Å²) in [6, 6.07) is 12.8. The van der Waals surface area contributed by atoms with Gasteiger partial charge in [0.05, 0.1) is 17.6 Å². The molecule has 2 aromatic carbocycles. The molecule has 0 bridgehead atoms. The summed E-state index contributed by atoms with van der Waals surface area (Å²) in [6.07, 6.45) is 1.95. The van der Waals surface area contributed by atoms with Crippen LogP contribution in [0, 0.1) is 0 Å². The molecule has 2 heterocycles. The summed E-state index contributed by atoms with van der Waals surface area (Å²) in [4.78, 5) is 4.68. The number of thiazole rings is 1. The number of nitrogens with zero attached hydrogens (tertiary/aromatic N) is 2. The molecule has 0 saturated heterocycles. The molecule has 0 atom stereocenters. The molecule has 3 aromatic rings. The monoisotopic (exact) mass is 372 g/mol. The fourth-order valence-corrected chi connectivity index (χ4v) is 4.81. The van der Waals surface area contributed by atoms with Crippen molar-refractivity contribution in [2.75, 3.05) is 17.1 Å². The van der Waals surface area contributed by atoms with E-state index in [1.54, 1.807) is 23.5 Å². The molecule has 5 nitrogen and oxygen atoms in total. The van der Waals surface area contributed by atoms with Gasteiger partial charge >= 0.3 is 0 Å². The molecule has 1 N–H and O–H groups in total. The highest BCUT2D eigenvalue weighted by molar-refractivity contribution is 7.92. The normalized spacial score (nSPS) is 13.9. The number of phenols is 1. The Labute approximate surface area is 150 Å². The number of phenolic OH excluding ortho intramolecular Hbond substituents is 1. The minimum absolute atomic E-state index is 0.231. The van der Waals surface area contributed by atoms with Crippen molar-refractivity contribution in [2.45, 2.75) is 6.42 Å². The molecule has 25 heavy (non-hydrogen) atoms. The maximum absolute atomic E-state index is 11.8. The van der Waals surface area contributed by atoms with Gasteiger partial charge < -0.3 is 5.11 Å². The molecule has 4 rings (SSSR count). The van der Waals surface area contributed by atoms with Crippen LogP contribution < -0.4 is 4.31 Å². The topological polar surface area (TPSA) is 70.5 Å². The molecule has 0 spiro atoms. The van der Waals surface area contributed by atoms with Crippen molar-refractivity contribution < 1.29 is 13.5 Å². The number of hydrogen-bond donors (Lipinski definition) is 1. The van der Waals surface area contributed by atoms with Crippen molar-refractivity contribution in [3.8, 4) is 27.6 Å². The van der Waals surface area contributed by atoms with Gasteiger partial charge in [-0.1, -0.05) is 6.07 Å². The lowest BCUT2D eigenvalue weighted by Crippen LogP contribution is -2.27. The van der Waals surface area contributed by atoms with Gasteiger partial charge in [0, 0.05) is 23.1 Å². The van der Waals surface area contributed by atoms with Gasteiger partial charge in [-0.25, -0.2) is 13.4 Å². The fraction of sp³-hybridized carbons (Fsp3) is 0.167. The van der Waals surface area contributed by atoms with Crippen LogP contribution in [0.3, 0.4) is 0 Å². The van der Waals surface area contributed by atoms with Crippen molar-refractivity contribution in [3.05, 3.63) is 53.4 Å². The van der Waals surface area contributed by atoms with Crippen LogP contribution >= 0.6 is 11.3 Å². The molecular weight excluding hydrogens is 356 g/mol. The number of aromatic nitrogens is 1. The Balaban J connectivity index is 1.67. The first kappa shape index (κ1) is 16.1. The van der Waals surface area contributed by atoms with Gasteiger partial charge in [-0.2, -0.15) is 0 Å². The van der Waals surface area contributed by atoms with Gasteiger partial charge in [-0.3, -0.25) is 4.31 Å². The Hall–Kier alpha value is -2.38. The third-order valence-electron chi connectivity index (χ3n) is 4.25. The minimum atomic E-state index is -3.23. The van der Waals surface area contributed by atoms with Crippen molar-refractivity contribution >= 4 is 27.0 Å². The Bertz CT molecular complexity index is 1040. The van der Waals surface area contributed by atoms with E-state index in [2.05, 4.69) is 4.98 Å². The summed E-state index contributed by atoms with van der Waals surface area (Å²) in [5.74, 6) is 0.231. The summed E-state index contributed by atoms with van der Waals surface area (Å²) in [7, 11) is -3.23. The number of benzene rings is 2. The Morgan fingerprint density at radius 3 is 2.56 bits per heavy atom. The molecule has 0 fully saturated rings. The second-order valence-corrected chi connectivity index (χ2v) is 8.78. The largest absolute Gasteiger partial charge is 0.508 e. The van der Waals surface area contributed by atoms with Gasteiger partial charge in [0.2, 0.25) is 10.0 Å². The number of aromatic hydroxyl groups is 1. The van der Waals surface area contributed by atoms with Gasteiger partial charge in [0.15, 0.2) is 0 Å². The molecule has 1 aliphatic rings. The summed E-state index contributed by atoms with van der Waals surface area (Å²) in [6.45, 7) is 0.493. The van der Waals surface area contributed by atoms with E-state index >= 15 is 0 Å². The molecule has 0 amide bonds. The fourth-order valence-electron chi connectivity index (χ4n) is 3.02. The standard InChI is InChI=1S/C18H16N2O3S2/c1-25(22,23)20-9-8-14-10-13(4-7-17(14)20)16-11-24-18(19-16)12-2-5-15(21)6-3-12/h2-7,10-11,21H,8-9H2,1H3. The molecule has 0 radical (unpaired) electrons. The summed E-state index contributed by atoms with van der Waals surface area (Å²) in [5.41, 5.74) is 4.60. The van der Waals surface area contributed by atoms with E-state index in [1.165, 1.54) is 10.6 Å². The second-order valence-electron chi connectivity index (χ2n) is 6.01. The predicted octanol–water partition coefficient (Wildman–Crippen LogP) is 3.50. The lowest BCUT2D eigenvalue weighted by atomic mass is 10.1. The molecule has 7 heteroatoms. The third-order valence-corrected chi connectivity index (χ3v) is 6.32. The number of rotatable bonds is 3. The van der Waals surface area contributed by atoms with Gasteiger partial charge in [0.1, 0.15) is 10.8 Å². The van der Waals surface area contributed by atoms with E-state index in [9.17, 15) is 13.5 Å². The zero-order valence-electron chi connectivity index (χ0n) is 13.5. The molecule has 0 unspecified atom stereocenters. The number of fused-ring (bicyclic) bond motifs is 1. The van der Waals surface area contributed by atoms with Gasteiger partial charge in [-0.05, 0) is 48.4 Å². The van der Waals surface area contributed by atoms with Crippen LogP contribution in [0.4, 0.5) is 5.69 Å². The molecule has 0 aliphatic carbocycles. The Morgan fingerprint density at radius 1 is 1.12 bits per heavy atom. The molecule has 0 saturated carbocycles. The lowest BCUT2D eigenvalue weighted by Gasteiger charge is -2.16. The average molecular weight is 372 g/mol. The van der Waals surface area contributed by atoms with E-state index in [-0.39, 0.29) is 5.75 Å². The van der Waals surface area contributed by atoms with E-state index in [0.717, 1.165) is 33.1 Å². The highest BCUT2D eigenvalue weighted by atomic mass is 32.2. The van der Waals surface area contributed by atoms with Gasteiger partial charge in [0.25, 0.3) is 0 Å². The zero-order chi connectivity index (χ0) is 17.6. The van der Waals surface area contributed by atoms with Crippen LogP contribution in [-0.4, -0.2) is 31.3 Å². The first-order valence-corrected chi connectivity index (χ1v) is 10.5. The van der Waals surface area contributed by atoms with Gasteiger partial charge in [-0.15, -0.1) is 11.3 Å². The first-order valence-electron chi connectivity index (χ1n) is 7.78. The molecule has 1 aliphatic heterocycles. The van der Waals surface area contributed by atoms with Crippen molar-refractivity contribution in [3.63, 3.8) is 0 Å². The Kier molecular flexibility index (Phi) is 3.77. The maximum Gasteiger partial charge on any atom is 0.232 e. The molecule has 1 aromatic heterocycles. The van der Waals surface area contributed by atoms with Crippen LogP contribution in [0.25, 0.3) is 21.8 Å². The minimum Gasteiger partial charge on any atom is -0.508 e. The van der Waals surface area contributed by atoms with Crippen LogP contribution in [0.15, 0.2) is 47.8 Å². The van der Waals surface area contributed by atoms with Crippen molar-refractivity contribution in [1.82, 2.24) is 4.98 Å². The van der Waals surface area contributed by atoms with Crippen LogP contribution in [0.2, 0.25) is 0 Å². The van der Waals surface area contributed by atoms with Crippen LogP contribution in [0.1, 0.15) is 5.56 Å². The average Bonchev–Trinajstić information content (AvgIpc) is 3.21.